The summed E-state index contributed by atoms with van der Waals surface area (Å²) in [4.78, 5) is 0. The van der Waals surface area contributed by atoms with E-state index in [1.807, 2.05) is 11.8 Å². The van der Waals surface area contributed by atoms with Crippen molar-refractivity contribution in [1.29, 1.82) is 0 Å². The molecule has 0 aliphatic heterocycles. The highest BCUT2D eigenvalue weighted by molar-refractivity contribution is 7.98. The Morgan fingerprint density at radius 1 is 1.13 bits per heavy atom. The van der Waals surface area contributed by atoms with Gasteiger partial charge in [-0.15, -0.1) is 0 Å². The summed E-state index contributed by atoms with van der Waals surface area (Å²) in [6.45, 7) is 7.77. The quantitative estimate of drug-likeness (QED) is 0.782. The van der Waals surface area contributed by atoms with Crippen molar-refractivity contribution in [3.63, 3.8) is 0 Å². The Balaban J connectivity index is 2.57. The zero-order valence-electron chi connectivity index (χ0n) is 10.0. The Kier molecular flexibility index (Phi) is 4.68. The van der Waals surface area contributed by atoms with Gasteiger partial charge in [0.05, 0.1) is 6.54 Å². The lowest BCUT2D eigenvalue weighted by Gasteiger charge is -2.19. The molecule has 0 spiro atoms. The standard InChI is InChI=1S/C13H21NS/c1-13(2,3)12-6-4-11(5-7-12)10-15-9-8-14/h4-7H,8-10,14H2,1-3H3/p+1. The van der Waals surface area contributed by atoms with Gasteiger partial charge in [-0.25, -0.2) is 0 Å². The molecule has 0 unspecified atom stereocenters. The molecule has 0 bridgehead atoms. The monoisotopic (exact) mass is 224 g/mol. The van der Waals surface area contributed by atoms with E-state index in [9.17, 15) is 0 Å². The van der Waals surface area contributed by atoms with Gasteiger partial charge in [-0.2, -0.15) is 11.8 Å². The summed E-state index contributed by atoms with van der Waals surface area (Å²) in [6.07, 6.45) is 0. The minimum absolute atomic E-state index is 0.263. The fourth-order valence-corrected chi connectivity index (χ4v) is 2.17. The maximum Gasteiger partial charge on any atom is 0.0831 e. The van der Waals surface area contributed by atoms with Gasteiger partial charge in [0.1, 0.15) is 0 Å². The maximum atomic E-state index is 3.84. The van der Waals surface area contributed by atoms with Crippen LogP contribution in [0.5, 0.6) is 0 Å². The van der Waals surface area contributed by atoms with Gasteiger partial charge in [0.2, 0.25) is 0 Å². The van der Waals surface area contributed by atoms with Crippen molar-refractivity contribution in [3.8, 4) is 0 Å². The molecule has 15 heavy (non-hydrogen) atoms. The van der Waals surface area contributed by atoms with Crippen LogP contribution in [0.3, 0.4) is 0 Å². The largest absolute Gasteiger partial charge is 0.357 e. The van der Waals surface area contributed by atoms with Crippen molar-refractivity contribution in [2.45, 2.75) is 31.9 Å². The summed E-state index contributed by atoms with van der Waals surface area (Å²) < 4.78 is 0. The van der Waals surface area contributed by atoms with Crippen LogP contribution >= 0.6 is 11.8 Å². The Bertz CT molecular complexity index is 284. The molecule has 1 nitrogen and oxygen atoms in total. The highest BCUT2D eigenvalue weighted by Crippen LogP contribution is 2.23. The average molecular weight is 224 g/mol. The molecule has 0 aliphatic carbocycles. The van der Waals surface area contributed by atoms with E-state index in [2.05, 4.69) is 50.8 Å². The van der Waals surface area contributed by atoms with Crippen LogP contribution in [-0.4, -0.2) is 12.3 Å². The molecule has 1 aromatic rings. The number of hydrogen-bond acceptors (Lipinski definition) is 1. The Hall–Kier alpha value is -0.470. The molecule has 3 N–H and O–H groups in total. The highest BCUT2D eigenvalue weighted by Gasteiger charge is 2.12. The van der Waals surface area contributed by atoms with E-state index in [1.54, 1.807) is 0 Å². The molecule has 1 rings (SSSR count). The predicted molar refractivity (Wildman–Crippen MR) is 69.1 cm³/mol. The van der Waals surface area contributed by atoms with Crippen molar-refractivity contribution in [2.24, 2.45) is 0 Å². The third-order valence-corrected chi connectivity index (χ3v) is 3.49. The maximum absolute atomic E-state index is 3.84. The van der Waals surface area contributed by atoms with Crippen LogP contribution in [0.4, 0.5) is 0 Å². The van der Waals surface area contributed by atoms with E-state index in [0.29, 0.717) is 0 Å². The van der Waals surface area contributed by atoms with Gasteiger partial charge in [-0.05, 0) is 16.5 Å². The molecule has 0 heterocycles. The smallest absolute Gasteiger partial charge is 0.0831 e. The topological polar surface area (TPSA) is 27.6 Å². The summed E-state index contributed by atoms with van der Waals surface area (Å²) in [6, 6.07) is 8.99. The molecule has 0 fully saturated rings. The summed E-state index contributed by atoms with van der Waals surface area (Å²) >= 11 is 1.96. The van der Waals surface area contributed by atoms with E-state index < -0.39 is 0 Å². The summed E-state index contributed by atoms with van der Waals surface area (Å²) in [5.74, 6) is 2.26. The van der Waals surface area contributed by atoms with E-state index in [1.165, 1.54) is 11.1 Å². The minimum atomic E-state index is 0.263. The van der Waals surface area contributed by atoms with Gasteiger partial charge < -0.3 is 5.73 Å². The van der Waals surface area contributed by atoms with Gasteiger partial charge in [-0.3, -0.25) is 0 Å². The van der Waals surface area contributed by atoms with Gasteiger partial charge in [0, 0.05) is 11.5 Å². The molecule has 0 saturated carbocycles. The van der Waals surface area contributed by atoms with Crippen molar-refractivity contribution in [3.05, 3.63) is 35.4 Å². The summed E-state index contributed by atoms with van der Waals surface area (Å²) in [5.41, 5.74) is 6.93. The number of benzene rings is 1. The predicted octanol–water partition coefficient (Wildman–Crippen LogP) is 2.46. The number of thioether (sulfide) groups is 1. The van der Waals surface area contributed by atoms with Crippen molar-refractivity contribution in [1.82, 2.24) is 0 Å². The number of rotatable bonds is 4. The Morgan fingerprint density at radius 2 is 1.73 bits per heavy atom. The lowest BCUT2D eigenvalue weighted by Crippen LogP contribution is -2.51. The minimum Gasteiger partial charge on any atom is -0.357 e. The van der Waals surface area contributed by atoms with E-state index in [-0.39, 0.29) is 5.41 Å². The third kappa shape index (κ3) is 4.27. The first-order chi connectivity index (χ1) is 7.04. The molecule has 0 atom stereocenters. The molecule has 0 aliphatic rings. The molecule has 0 saturated heterocycles. The third-order valence-electron chi connectivity index (χ3n) is 2.38. The average Bonchev–Trinajstić information content (AvgIpc) is 2.18. The molecule has 1 aromatic carbocycles. The van der Waals surface area contributed by atoms with Crippen LogP contribution in [0.25, 0.3) is 0 Å². The fourth-order valence-electron chi connectivity index (χ4n) is 1.39. The molecule has 0 aromatic heterocycles. The molecular formula is C13H22NS+. The van der Waals surface area contributed by atoms with Crippen LogP contribution in [0.15, 0.2) is 24.3 Å². The fraction of sp³-hybridized carbons (Fsp3) is 0.538. The lowest BCUT2D eigenvalue weighted by atomic mass is 9.87. The van der Waals surface area contributed by atoms with Crippen molar-refractivity contribution < 1.29 is 5.73 Å². The van der Waals surface area contributed by atoms with Crippen LogP contribution in [0.2, 0.25) is 0 Å². The van der Waals surface area contributed by atoms with Gasteiger partial charge >= 0.3 is 0 Å². The number of hydrogen-bond donors (Lipinski definition) is 1. The second-order valence-electron chi connectivity index (χ2n) is 4.85. The molecular weight excluding hydrogens is 202 g/mol. The first-order valence-corrected chi connectivity index (χ1v) is 6.66. The molecule has 2 heteroatoms. The second-order valence-corrected chi connectivity index (χ2v) is 5.96. The number of quaternary nitrogens is 1. The molecule has 0 amide bonds. The van der Waals surface area contributed by atoms with Crippen molar-refractivity contribution in [2.75, 3.05) is 12.3 Å². The van der Waals surface area contributed by atoms with Crippen LogP contribution in [0, 0.1) is 0 Å². The SMILES string of the molecule is CC(C)(C)c1ccc(CSCC[NH3+])cc1. The van der Waals surface area contributed by atoms with Crippen LogP contribution < -0.4 is 5.73 Å². The first kappa shape index (κ1) is 12.6. The Morgan fingerprint density at radius 3 is 2.20 bits per heavy atom. The summed E-state index contributed by atoms with van der Waals surface area (Å²) in [5, 5.41) is 0. The van der Waals surface area contributed by atoms with Gasteiger partial charge in [0.15, 0.2) is 0 Å². The normalized spacial score (nSPS) is 11.7. The van der Waals surface area contributed by atoms with Crippen LogP contribution in [0.1, 0.15) is 31.9 Å². The highest BCUT2D eigenvalue weighted by atomic mass is 32.2. The zero-order valence-corrected chi connectivity index (χ0v) is 10.9. The van der Waals surface area contributed by atoms with Gasteiger partial charge in [-0.1, -0.05) is 45.0 Å². The van der Waals surface area contributed by atoms with E-state index >= 15 is 0 Å². The molecule has 84 valence electrons. The molecule has 0 radical (unpaired) electrons. The summed E-state index contributed by atoms with van der Waals surface area (Å²) in [7, 11) is 0. The Labute approximate surface area is 97.4 Å². The van der Waals surface area contributed by atoms with Crippen LogP contribution in [-0.2, 0) is 11.2 Å². The first-order valence-electron chi connectivity index (χ1n) is 5.50. The lowest BCUT2D eigenvalue weighted by molar-refractivity contribution is -0.360. The van der Waals surface area contributed by atoms with Crippen molar-refractivity contribution >= 4 is 11.8 Å². The van der Waals surface area contributed by atoms with Gasteiger partial charge in [0.25, 0.3) is 0 Å². The zero-order chi connectivity index (χ0) is 11.3. The second kappa shape index (κ2) is 5.57. The van der Waals surface area contributed by atoms with E-state index in [0.717, 1.165) is 18.1 Å². The van der Waals surface area contributed by atoms with E-state index in [4.69, 9.17) is 0 Å².